The zero-order chi connectivity index (χ0) is 12.7. The quantitative estimate of drug-likeness (QED) is 0.805. The SMILES string of the molecule is N#Cc1cc(NCCOCC(F)(F)F)ccn1. The van der Waals surface area contributed by atoms with Gasteiger partial charge in [-0.15, -0.1) is 0 Å². The van der Waals surface area contributed by atoms with Crippen LogP contribution in [0, 0.1) is 11.3 Å². The molecule has 0 spiro atoms. The van der Waals surface area contributed by atoms with Crippen LogP contribution in [-0.4, -0.2) is 30.9 Å². The summed E-state index contributed by atoms with van der Waals surface area (Å²) in [5.74, 6) is 0. The molecular formula is C10H10F3N3O. The second-order valence-electron chi connectivity index (χ2n) is 3.14. The van der Waals surface area contributed by atoms with Crippen molar-refractivity contribution < 1.29 is 17.9 Å². The molecule has 0 aromatic carbocycles. The third kappa shape index (κ3) is 5.73. The Balaban J connectivity index is 2.25. The zero-order valence-electron chi connectivity index (χ0n) is 8.79. The van der Waals surface area contributed by atoms with Gasteiger partial charge in [0, 0.05) is 18.4 Å². The lowest BCUT2D eigenvalue weighted by Gasteiger charge is -2.09. The minimum Gasteiger partial charge on any atom is -0.383 e. The van der Waals surface area contributed by atoms with Crippen LogP contribution in [0.25, 0.3) is 0 Å². The second-order valence-corrected chi connectivity index (χ2v) is 3.14. The fraction of sp³-hybridized carbons (Fsp3) is 0.400. The van der Waals surface area contributed by atoms with Gasteiger partial charge in [0.05, 0.1) is 6.61 Å². The van der Waals surface area contributed by atoms with Crippen LogP contribution >= 0.6 is 0 Å². The first-order valence-electron chi connectivity index (χ1n) is 4.76. The van der Waals surface area contributed by atoms with Crippen molar-refractivity contribution >= 4 is 5.69 Å². The number of aromatic nitrogens is 1. The van der Waals surface area contributed by atoms with E-state index in [1.54, 1.807) is 6.07 Å². The number of hydrogen-bond donors (Lipinski definition) is 1. The van der Waals surface area contributed by atoms with Crippen molar-refractivity contribution in [1.29, 1.82) is 5.26 Å². The molecule has 0 atom stereocenters. The summed E-state index contributed by atoms with van der Waals surface area (Å²) in [6, 6.07) is 4.98. The van der Waals surface area contributed by atoms with Crippen LogP contribution in [0.4, 0.5) is 18.9 Å². The summed E-state index contributed by atoms with van der Waals surface area (Å²) >= 11 is 0. The average Bonchev–Trinajstić information content (AvgIpc) is 2.27. The van der Waals surface area contributed by atoms with Gasteiger partial charge in [-0.05, 0) is 12.1 Å². The van der Waals surface area contributed by atoms with Gasteiger partial charge >= 0.3 is 6.18 Å². The van der Waals surface area contributed by atoms with Crippen LogP contribution in [0.2, 0.25) is 0 Å². The molecule has 0 saturated carbocycles. The molecule has 0 fully saturated rings. The molecule has 7 heteroatoms. The van der Waals surface area contributed by atoms with Crippen LogP contribution in [0.3, 0.4) is 0 Å². The lowest BCUT2D eigenvalue weighted by Crippen LogP contribution is -2.20. The van der Waals surface area contributed by atoms with Gasteiger partial charge in [0.1, 0.15) is 18.4 Å². The van der Waals surface area contributed by atoms with Crippen LogP contribution in [0.15, 0.2) is 18.3 Å². The van der Waals surface area contributed by atoms with E-state index in [0.29, 0.717) is 5.69 Å². The van der Waals surface area contributed by atoms with Gasteiger partial charge in [-0.1, -0.05) is 0 Å². The molecular weight excluding hydrogens is 235 g/mol. The van der Waals surface area contributed by atoms with E-state index < -0.39 is 12.8 Å². The van der Waals surface area contributed by atoms with Gasteiger partial charge in [0.15, 0.2) is 0 Å². The molecule has 1 aromatic rings. The van der Waals surface area contributed by atoms with Crippen LogP contribution in [0.1, 0.15) is 5.69 Å². The van der Waals surface area contributed by atoms with Crippen LogP contribution in [-0.2, 0) is 4.74 Å². The predicted octanol–water partition coefficient (Wildman–Crippen LogP) is 1.94. The summed E-state index contributed by atoms with van der Waals surface area (Å²) in [4.78, 5) is 3.75. The molecule has 92 valence electrons. The Morgan fingerprint density at radius 1 is 1.47 bits per heavy atom. The molecule has 1 rings (SSSR count). The van der Waals surface area contributed by atoms with Gasteiger partial charge in [-0.25, -0.2) is 4.98 Å². The lowest BCUT2D eigenvalue weighted by molar-refractivity contribution is -0.172. The monoisotopic (exact) mass is 245 g/mol. The standard InChI is InChI=1S/C10H10F3N3O/c11-10(12,13)7-17-4-3-16-8-1-2-15-9(5-8)6-14/h1-2,5H,3-4,7H2,(H,15,16). The summed E-state index contributed by atoms with van der Waals surface area (Å²) in [6.45, 7) is -1.09. The maximum Gasteiger partial charge on any atom is 0.411 e. The highest BCUT2D eigenvalue weighted by Gasteiger charge is 2.27. The zero-order valence-corrected chi connectivity index (χ0v) is 8.79. The molecule has 1 heterocycles. The van der Waals surface area contributed by atoms with E-state index in [2.05, 4.69) is 15.0 Å². The van der Waals surface area contributed by atoms with Crippen molar-refractivity contribution in [3.05, 3.63) is 24.0 Å². The van der Waals surface area contributed by atoms with Crippen LogP contribution < -0.4 is 5.32 Å². The second kappa shape index (κ2) is 6.06. The first-order chi connectivity index (χ1) is 8.01. The molecule has 1 N–H and O–H groups in total. The molecule has 0 saturated heterocycles. The van der Waals surface area contributed by atoms with E-state index in [1.165, 1.54) is 12.3 Å². The lowest BCUT2D eigenvalue weighted by atomic mass is 10.3. The first kappa shape index (κ1) is 13.3. The Morgan fingerprint density at radius 3 is 2.88 bits per heavy atom. The Bertz CT molecular complexity index is 401. The molecule has 0 bridgehead atoms. The Labute approximate surface area is 96.0 Å². The largest absolute Gasteiger partial charge is 0.411 e. The number of halogens is 3. The first-order valence-corrected chi connectivity index (χ1v) is 4.76. The molecule has 0 radical (unpaired) electrons. The van der Waals surface area contributed by atoms with Crippen molar-refractivity contribution in [2.75, 3.05) is 25.1 Å². The van der Waals surface area contributed by atoms with E-state index in [0.717, 1.165) is 0 Å². The molecule has 0 aliphatic heterocycles. The van der Waals surface area contributed by atoms with Gasteiger partial charge in [0.2, 0.25) is 0 Å². The van der Waals surface area contributed by atoms with Crippen molar-refractivity contribution in [1.82, 2.24) is 4.98 Å². The minimum atomic E-state index is -4.30. The number of nitrogens with one attached hydrogen (secondary N) is 1. The molecule has 0 aliphatic rings. The maximum absolute atomic E-state index is 11.7. The summed E-state index contributed by atoms with van der Waals surface area (Å²) in [5, 5.41) is 11.4. The molecule has 4 nitrogen and oxygen atoms in total. The Hall–Kier alpha value is -1.81. The van der Waals surface area contributed by atoms with Crippen molar-refractivity contribution in [2.45, 2.75) is 6.18 Å². The summed E-state index contributed by atoms with van der Waals surface area (Å²) < 4.78 is 39.6. The minimum absolute atomic E-state index is 0.0658. The molecule has 0 aliphatic carbocycles. The van der Waals surface area contributed by atoms with E-state index in [4.69, 9.17) is 5.26 Å². The number of hydrogen-bond acceptors (Lipinski definition) is 4. The normalized spacial score (nSPS) is 10.9. The van der Waals surface area contributed by atoms with Crippen LogP contribution in [0.5, 0.6) is 0 Å². The number of nitriles is 1. The molecule has 0 amide bonds. The number of pyridine rings is 1. The predicted molar refractivity (Wildman–Crippen MR) is 54.3 cm³/mol. The van der Waals surface area contributed by atoms with Gasteiger partial charge in [0.25, 0.3) is 0 Å². The van der Waals surface area contributed by atoms with E-state index in [9.17, 15) is 13.2 Å². The smallest absolute Gasteiger partial charge is 0.383 e. The third-order valence-electron chi connectivity index (χ3n) is 1.72. The van der Waals surface area contributed by atoms with Crippen molar-refractivity contribution in [3.8, 4) is 6.07 Å². The van der Waals surface area contributed by atoms with E-state index in [1.807, 2.05) is 6.07 Å². The fourth-order valence-electron chi connectivity index (χ4n) is 1.06. The number of nitrogens with zero attached hydrogens (tertiary/aromatic N) is 2. The van der Waals surface area contributed by atoms with Crippen molar-refractivity contribution in [2.24, 2.45) is 0 Å². The average molecular weight is 245 g/mol. The van der Waals surface area contributed by atoms with Gasteiger partial charge in [-0.2, -0.15) is 18.4 Å². The maximum atomic E-state index is 11.7. The molecule has 1 aromatic heterocycles. The number of ether oxygens (including phenoxy) is 1. The Kier molecular flexibility index (Phi) is 4.72. The number of rotatable bonds is 5. The summed E-state index contributed by atoms with van der Waals surface area (Å²) in [5.41, 5.74) is 0.860. The van der Waals surface area contributed by atoms with Gasteiger partial charge < -0.3 is 10.1 Å². The highest BCUT2D eigenvalue weighted by molar-refractivity contribution is 5.45. The number of anilines is 1. The van der Waals surface area contributed by atoms with E-state index in [-0.39, 0.29) is 18.8 Å². The molecule has 0 unspecified atom stereocenters. The Morgan fingerprint density at radius 2 is 2.24 bits per heavy atom. The topological polar surface area (TPSA) is 57.9 Å². The highest BCUT2D eigenvalue weighted by Crippen LogP contribution is 2.14. The summed E-state index contributed by atoms with van der Waals surface area (Å²) in [6.07, 6.45) is -2.86. The third-order valence-corrected chi connectivity index (χ3v) is 1.72. The number of alkyl halides is 3. The fourth-order valence-corrected chi connectivity index (χ4v) is 1.06. The highest BCUT2D eigenvalue weighted by atomic mass is 19.4. The van der Waals surface area contributed by atoms with Gasteiger partial charge in [-0.3, -0.25) is 0 Å². The summed E-state index contributed by atoms with van der Waals surface area (Å²) in [7, 11) is 0. The van der Waals surface area contributed by atoms with Crippen molar-refractivity contribution in [3.63, 3.8) is 0 Å². The molecule has 17 heavy (non-hydrogen) atoms. The van der Waals surface area contributed by atoms with E-state index >= 15 is 0 Å².